The van der Waals surface area contributed by atoms with Gasteiger partial charge in [-0.2, -0.15) is 0 Å². The topological polar surface area (TPSA) is 34.1 Å². The van der Waals surface area contributed by atoms with Gasteiger partial charge in [0.25, 0.3) is 0 Å². The third-order valence-corrected chi connectivity index (χ3v) is 6.26. The van der Waals surface area contributed by atoms with Crippen LogP contribution in [-0.4, -0.2) is 11.6 Å². The second-order valence-electron chi connectivity index (χ2n) is 5.00. The minimum absolute atomic E-state index is 0.0750. The highest BCUT2D eigenvalue weighted by atomic mass is 32.2. The minimum atomic E-state index is 0.0750. The van der Waals surface area contributed by atoms with E-state index in [9.17, 15) is 9.59 Å². The van der Waals surface area contributed by atoms with Crippen LogP contribution in [0.2, 0.25) is 0 Å². The molecule has 0 aliphatic carbocycles. The molecule has 0 amide bonds. The summed E-state index contributed by atoms with van der Waals surface area (Å²) in [5, 5.41) is 1.06. The molecule has 3 rings (SSSR count). The molecule has 0 spiro atoms. The second-order valence-corrected chi connectivity index (χ2v) is 7.30. The molecule has 0 saturated heterocycles. The van der Waals surface area contributed by atoms with Crippen molar-refractivity contribution in [3.63, 3.8) is 0 Å². The molecule has 0 unspecified atom stereocenters. The standard InChI is InChI=1S/C17H14O2S2/c1-9-13-14(12-7-5-4-6-8-12)16(11(3)19)21-17(13)20-15(9)10(2)18/h4-8H,1-3H3. The van der Waals surface area contributed by atoms with E-state index >= 15 is 0 Å². The molecule has 0 saturated carbocycles. The Balaban J connectivity index is 2.41. The molecule has 0 aliphatic heterocycles. The van der Waals surface area contributed by atoms with E-state index in [0.717, 1.165) is 35.8 Å². The predicted octanol–water partition coefficient (Wildman–Crippen LogP) is 5.34. The van der Waals surface area contributed by atoms with Crippen molar-refractivity contribution >= 4 is 43.6 Å². The quantitative estimate of drug-likeness (QED) is 0.611. The number of fused-ring (bicyclic) bond motifs is 1. The van der Waals surface area contributed by atoms with E-state index in [0.29, 0.717) is 0 Å². The second kappa shape index (κ2) is 5.20. The first-order valence-corrected chi connectivity index (χ1v) is 8.27. The van der Waals surface area contributed by atoms with Crippen LogP contribution in [0, 0.1) is 6.92 Å². The largest absolute Gasteiger partial charge is 0.294 e. The lowest BCUT2D eigenvalue weighted by molar-refractivity contribution is 0.101. The van der Waals surface area contributed by atoms with Gasteiger partial charge in [-0.15, -0.1) is 22.7 Å². The third-order valence-electron chi connectivity index (χ3n) is 3.49. The first kappa shape index (κ1) is 14.2. The summed E-state index contributed by atoms with van der Waals surface area (Å²) in [6.45, 7) is 5.16. The molecule has 106 valence electrons. The Kier molecular flexibility index (Phi) is 3.51. The lowest BCUT2D eigenvalue weighted by Gasteiger charge is -2.03. The van der Waals surface area contributed by atoms with E-state index in [1.807, 2.05) is 37.3 Å². The number of carbonyl (C=O) groups excluding carboxylic acids is 2. The van der Waals surface area contributed by atoms with Gasteiger partial charge in [0, 0.05) is 10.9 Å². The summed E-state index contributed by atoms with van der Waals surface area (Å²) in [7, 11) is 0. The van der Waals surface area contributed by atoms with Crippen molar-refractivity contribution in [2.24, 2.45) is 0 Å². The van der Waals surface area contributed by atoms with E-state index < -0.39 is 0 Å². The van der Waals surface area contributed by atoms with E-state index in [4.69, 9.17) is 0 Å². The van der Waals surface area contributed by atoms with Crippen molar-refractivity contribution in [3.8, 4) is 11.1 Å². The van der Waals surface area contributed by atoms with Crippen molar-refractivity contribution in [2.45, 2.75) is 20.8 Å². The zero-order valence-electron chi connectivity index (χ0n) is 12.0. The number of ketones is 2. The van der Waals surface area contributed by atoms with Crippen LogP contribution in [0.25, 0.3) is 20.5 Å². The molecule has 0 bridgehead atoms. The highest BCUT2D eigenvalue weighted by Gasteiger charge is 2.23. The molecule has 0 radical (unpaired) electrons. The molecule has 1 aromatic carbocycles. The van der Waals surface area contributed by atoms with E-state index in [1.165, 1.54) is 22.7 Å². The summed E-state index contributed by atoms with van der Waals surface area (Å²) < 4.78 is 1.06. The maximum Gasteiger partial charge on any atom is 0.170 e. The van der Waals surface area contributed by atoms with Crippen molar-refractivity contribution < 1.29 is 9.59 Å². The molecular weight excluding hydrogens is 300 g/mol. The first-order valence-electron chi connectivity index (χ1n) is 6.64. The zero-order valence-corrected chi connectivity index (χ0v) is 13.7. The number of carbonyl (C=O) groups is 2. The maximum atomic E-state index is 12.0. The average Bonchev–Trinajstić information content (AvgIpc) is 2.97. The number of benzene rings is 1. The maximum absolute atomic E-state index is 12.0. The van der Waals surface area contributed by atoms with Gasteiger partial charge >= 0.3 is 0 Å². The smallest absolute Gasteiger partial charge is 0.170 e. The van der Waals surface area contributed by atoms with Gasteiger partial charge in [0.05, 0.1) is 13.8 Å². The van der Waals surface area contributed by atoms with Crippen molar-refractivity contribution in [1.82, 2.24) is 0 Å². The summed E-state index contributed by atoms with van der Waals surface area (Å²) in [5.41, 5.74) is 3.00. The Morgan fingerprint density at radius 1 is 0.905 bits per heavy atom. The Morgan fingerprint density at radius 3 is 2.05 bits per heavy atom. The SMILES string of the molecule is CC(=O)c1sc2sc(C(C)=O)c(-c3ccccc3)c2c1C. The van der Waals surface area contributed by atoms with Gasteiger partial charge in [-0.1, -0.05) is 30.3 Å². The highest BCUT2D eigenvalue weighted by Crippen LogP contribution is 2.45. The number of rotatable bonds is 3. The fourth-order valence-corrected chi connectivity index (χ4v) is 5.19. The van der Waals surface area contributed by atoms with Crippen LogP contribution in [0.3, 0.4) is 0 Å². The van der Waals surface area contributed by atoms with Gasteiger partial charge < -0.3 is 0 Å². The fourth-order valence-electron chi connectivity index (χ4n) is 2.57. The van der Waals surface area contributed by atoms with Crippen LogP contribution in [0.15, 0.2) is 30.3 Å². The lowest BCUT2D eigenvalue weighted by atomic mass is 9.99. The van der Waals surface area contributed by atoms with Crippen LogP contribution >= 0.6 is 22.7 Å². The van der Waals surface area contributed by atoms with Gasteiger partial charge in [0.15, 0.2) is 11.6 Å². The third kappa shape index (κ3) is 2.24. The van der Waals surface area contributed by atoms with Gasteiger partial charge in [-0.25, -0.2) is 0 Å². The summed E-state index contributed by atoms with van der Waals surface area (Å²) >= 11 is 2.99. The molecule has 0 atom stereocenters. The molecule has 0 N–H and O–H groups in total. The molecule has 0 fully saturated rings. The van der Waals surface area contributed by atoms with Crippen molar-refractivity contribution in [2.75, 3.05) is 0 Å². The monoisotopic (exact) mass is 314 g/mol. The predicted molar refractivity (Wildman–Crippen MR) is 89.9 cm³/mol. The molecule has 2 heterocycles. The molecule has 2 aromatic heterocycles. The lowest BCUT2D eigenvalue weighted by Crippen LogP contribution is -1.93. The van der Waals surface area contributed by atoms with Crippen LogP contribution in [0.1, 0.15) is 38.8 Å². The molecular formula is C17H14O2S2. The first-order chi connectivity index (χ1) is 10.0. The van der Waals surface area contributed by atoms with Crippen LogP contribution < -0.4 is 0 Å². The van der Waals surface area contributed by atoms with Crippen LogP contribution in [-0.2, 0) is 0 Å². The van der Waals surface area contributed by atoms with E-state index in [2.05, 4.69) is 0 Å². The molecule has 4 heteroatoms. The number of thiophene rings is 2. The number of hydrogen-bond donors (Lipinski definition) is 0. The van der Waals surface area contributed by atoms with Gasteiger partial charge in [-0.05, 0) is 31.9 Å². The minimum Gasteiger partial charge on any atom is -0.294 e. The fraction of sp³-hybridized carbons (Fsp3) is 0.176. The van der Waals surface area contributed by atoms with E-state index in [-0.39, 0.29) is 11.6 Å². The highest BCUT2D eigenvalue weighted by molar-refractivity contribution is 7.40. The van der Waals surface area contributed by atoms with E-state index in [1.54, 1.807) is 13.8 Å². The normalized spacial score (nSPS) is 11.0. The summed E-state index contributed by atoms with van der Waals surface area (Å²) in [4.78, 5) is 25.3. The summed E-state index contributed by atoms with van der Waals surface area (Å²) in [6, 6.07) is 9.92. The molecule has 3 aromatic rings. The van der Waals surface area contributed by atoms with Gasteiger partial charge in [0.2, 0.25) is 0 Å². The number of aryl methyl sites for hydroxylation is 1. The molecule has 2 nitrogen and oxygen atoms in total. The molecule has 0 aliphatic rings. The van der Waals surface area contributed by atoms with Gasteiger partial charge in [-0.3, -0.25) is 9.59 Å². The Morgan fingerprint density at radius 2 is 1.48 bits per heavy atom. The number of Topliss-reactive ketones (excluding diaryl/α,β-unsaturated/α-hetero) is 2. The van der Waals surface area contributed by atoms with Crippen LogP contribution in [0.4, 0.5) is 0 Å². The summed E-state index contributed by atoms with van der Waals surface area (Å²) in [6.07, 6.45) is 0. The zero-order chi connectivity index (χ0) is 15.1. The Bertz CT molecular complexity index is 854. The van der Waals surface area contributed by atoms with Crippen molar-refractivity contribution in [3.05, 3.63) is 45.6 Å². The number of hydrogen-bond acceptors (Lipinski definition) is 4. The Hall–Kier alpha value is -1.78. The van der Waals surface area contributed by atoms with Gasteiger partial charge in [0.1, 0.15) is 0 Å². The van der Waals surface area contributed by atoms with Crippen molar-refractivity contribution in [1.29, 1.82) is 0 Å². The average molecular weight is 314 g/mol. The van der Waals surface area contributed by atoms with Crippen LogP contribution in [0.5, 0.6) is 0 Å². The Labute approximate surface area is 131 Å². The summed E-state index contributed by atoms with van der Waals surface area (Å²) in [5.74, 6) is 0.162. The molecule has 21 heavy (non-hydrogen) atoms.